The molecule has 13 heavy (non-hydrogen) atoms. The normalized spacial score (nSPS) is 22.8. The van der Waals surface area contributed by atoms with Crippen molar-refractivity contribution in [2.45, 2.75) is 45.6 Å². The molecule has 0 aromatic carbocycles. The van der Waals surface area contributed by atoms with Crippen molar-refractivity contribution in [2.24, 2.45) is 0 Å². The first-order chi connectivity index (χ1) is 6.36. The summed E-state index contributed by atoms with van der Waals surface area (Å²) >= 11 is 0. The molecule has 0 aromatic heterocycles. The van der Waals surface area contributed by atoms with E-state index < -0.39 is 0 Å². The molecule has 1 saturated heterocycles. The topological polar surface area (TPSA) is 15.3 Å². The minimum absolute atomic E-state index is 0.775. The molecule has 0 bridgehead atoms. The molecule has 1 unspecified atom stereocenters. The van der Waals surface area contributed by atoms with Gasteiger partial charge in [0.1, 0.15) is 0 Å². The monoisotopic (exact) mass is 184 g/mol. The van der Waals surface area contributed by atoms with Crippen LogP contribution in [0.3, 0.4) is 0 Å². The Hall–Kier alpha value is -0.0800. The standard InChI is InChI=1S/C11H24N2/c1-3-5-9-13(4-2)10-11-7-6-8-12-11/h11-12H,3-10H2,1-2H3. The highest BCUT2D eigenvalue weighted by molar-refractivity contribution is 4.77. The number of likely N-dealkylation sites (N-methyl/N-ethyl adjacent to an activating group) is 1. The summed E-state index contributed by atoms with van der Waals surface area (Å²) in [4.78, 5) is 2.58. The quantitative estimate of drug-likeness (QED) is 0.678. The molecular weight excluding hydrogens is 160 g/mol. The summed E-state index contributed by atoms with van der Waals surface area (Å²) in [5, 5.41) is 3.56. The molecule has 0 radical (unpaired) electrons. The summed E-state index contributed by atoms with van der Waals surface area (Å²) in [5.41, 5.74) is 0. The second-order valence-electron chi connectivity index (χ2n) is 4.04. The minimum atomic E-state index is 0.775. The van der Waals surface area contributed by atoms with E-state index in [9.17, 15) is 0 Å². The van der Waals surface area contributed by atoms with Gasteiger partial charge < -0.3 is 10.2 Å². The number of unbranched alkanes of at least 4 members (excludes halogenated alkanes) is 1. The van der Waals surface area contributed by atoms with E-state index in [2.05, 4.69) is 24.1 Å². The molecule has 1 N–H and O–H groups in total. The van der Waals surface area contributed by atoms with Crippen LogP contribution in [0, 0.1) is 0 Å². The third-order valence-electron chi connectivity index (χ3n) is 2.92. The van der Waals surface area contributed by atoms with Crippen LogP contribution in [0.5, 0.6) is 0 Å². The van der Waals surface area contributed by atoms with E-state index in [1.54, 1.807) is 0 Å². The van der Waals surface area contributed by atoms with Crippen LogP contribution in [0.1, 0.15) is 39.5 Å². The van der Waals surface area contributed by atoms with Crippen LogP contribution in [-0.2, 0) is 0 Å². The Bertz CT molecular complexity index is 119. The van der Waals surface area contributed by atoms with Crippen LogP contribution in [0.2, 0.25) is 0 Å². The van der Waals surface area contributed by atoms with Crippen molar-refractivity contribution >= 4 is 0 Å². The summed E-state index contributed by atoms with van der Waals surface area (Å²) in [6, 6.07) is 0.775. The lowest BCUT2D eigenvalue weighted by Gasteiger charge is -2.23. The Kier molecular flexibility index (Phi) is 5.40. The summed E-state index contributed by atoms with van der Waals surface area (Å²) in [5.74, 6) is 0. The highest BCUT2D eigenvalue weighted by Crippen LogP contribution is 2.07. The van der Waals surface area contributed by atoms with Crippen LogP contribution in [0.15, 0.2) is 0 Å². The maximum Gasteiger partial charge on any atom is 0.0195 e. The van der Waals surface area contributed by atoms with E-state index in [-0.39, 0.29) is 0 Å². The lowest BCUT2D eigenvalue weighted by atomic mass is 10.2. The highest BCUT2D eigenvalue weighted by atomic mass is 15.1. The van der Waals surface area contributed by atoms with Crippen LogP contribution < -0.4 is 5.32 Å². The molecule has 1 aliphatic rings. The first-order valence-corrected chi connectivity index (χ1v) is 5.82. The fourth-order valence-electron chi connectivity index (χ4n) is 1.98. The summed E-state index contributed by atoms with van der Waals surface area (Å²) in [7, 11) is 0. The average molecular weight is 184 g/mol. The van der Waals surface area contributed by atoms with E-state index in [0.29, 0.717) is 0 Å². The van der Waals surface area contributed by atoms with Crippen LogP contribution >= 0.6 is 0 Å². The maximum absolute atomic E-state index is 3.56. The molecule has 1 heterocycles. The van der Waals surface area contributed by atoms with E-state index in [4.69, 9.17) is 0 Å². The molecule has 1 fully saturated rings. The zero-order valence-corrected chi connectivity index (χ0v) is 9.18. The Morgan fingerprint density at radius 1 is 1.38 bits per heavy atom. The molecule has 78 valence electrons. The molecule has 0 aliphatic carbocycles. The summed E-state index contributed by atoms with van der Waals surface area (Å²) in [6.07, 6.45) is 5.41. The first kappa shape index (κ1) is 11.0. The smallest absolute Gasteiger partial charge is 0.0195 e. The van der Waals surface area contributed by atoms with Crippen molar-refractivity contribution in [1.29, 1.82) is 0 Å². The van der Waals surface area contributed by atoms with Gasteiger partial charge in [0.05, 0.1) is 0 Å². The molecule has 1 rings (SSSR count). The number of nitrogens with one attached hydrogen (secondary N) is 1. The number of hydrogen-bond donors (Lipinski definition) is 1. The largest absolute Gasteiger partial charge is 0.313 e. The third-order valence-corrected chi connectivity index (χ3v) is 2.92. The van der Waals surface area contributed by atoms with Gasteiger partial charge in [-0.2, -0.15) is 0 Å². The van der Waals surface area contributed by atoms with Crippen molar-refractivity contribution in [1.82, 2.24) is 10.2 Å². The van der Waals surface area contributed by atoms with Crippen molar-refractivity contribution < 1.29 is 0 Å². The SMILES string of the molecule is CCCCN(CC)CC1CCCN1. The second kappa shape index (κ2) is 6.39. The molecule has 0 aromatic rings. The van der Waals surface area contributed by atoms with Gasteiger partial charge in [0.25, 0.3) is 0 Å². The zero-order chi connectivity index (χ0) is 9.52. The fraction of sp³-hybridized carbons (Fsp3) is 1.00. The predicted octanol–water partition coefficient (Wildman–Crippen LogP) is 1.86. The van der Waals surface area contributed by atoms with E-state index in [0.717, 1.165) is 6.04 Å². The van der Waals surface area contributed by atoms with Gasteiger partial charge in [-0.25, -0.2) is 0 Å². The van der Waals surface area contributed by atoms with Gasteiger partial charge in [0.2, 0.25) is 0 Å². The van der Waals surface area contributed by atoms with E-state index in [1.165, 1.54) is 51.9 Å². The highest BCUT2D eigenvalue weighted by Gasteiger charge is 2.16. The molecule has 1 atom stereocenters. The van der Waals surface area contributed by atoms with Crippen molar-refractivity contribution in [2.75, 3.05) is 26.2 Å². The minimum Gasteiger partial charge on any atom is -0.313 e. The number of hydrogen-bond acceptors (Lipinski definition) is 2. The van der Waals surface area contributed by atoms with Crippen molar-refractivity contribution in [3.05, 3.63) is 0 Å². The Balaban J connectivity index is 2.13. The molecule has 2 heteroatoms. The van der Waals surface area contributed by atoms with Gasteiger partial charge in [-0.05, 0) is 38.9 Å². The van der Waals surface area contributed by atoms with Crippen LogP contribution in [-0.4, -0.2) is 37.1 Å². The van der Waals surface area contributed by atoms with Gasteiger partial charge in [-0.15, -0.1) is 0 Å². The van der Waals surface area contributed by atoms with Gasteiger partial charge in [0, 0.05) is 12.6 Å². The van der Waals surface area contributed by atoms with E-state index >= 15 is 0 Å². The molecule has 2 nitrogen and oxygen atoms in total. The Labute approximate surface area is 82.7 Å². The number of rotatable bonds is 6. The maximum atomic E-state index is 3.56. The van der Waals surface area contributed by atoms with Gasteiger partial charge in [-0.3, -0.25) is 0 Å². The predicted molar refractivity (Wildman–Crippen MR) is 58.0 cm³/mol. The lowest BCUT2D eigenvalue weighted by Crippen LogP contribution is -2.37. The van der Waals surface area contributed by atoms with Crippen molar-refractivity contribution in [3.63, 3.8) is 0 Å². The van der Waals surface area contributed by atoms with Crippen LogP contribution in [0.4, 0.5) is 0 Å². The molecule has 1 aliphatic heterocycles. The summed E-state index contributed by atoms with van der Waals surface area (Å²) < 4.78 is 0. The Morgan fingerprint density at radius 2 is 2.23 bits per heavy atom. The van der Waals surface area contributed by atoms with Gasteiger partial charge >= 0.3 is 0 Å². The molecular formula is C11H24N2. The molecule has 0 saturated carbocycles. The van der Waals surface area contributed by atoms with Crippen LogP contribution in [0.25, 0.3) is 0 Å². The molecule has 0 spiro atoms. The zero-order valence-electron chi connectivity index (χ0n) is 9.18. The number of nitrogens with zero attached hydrogens (tertiary/aromatic N) is 1. The summed E-state index contributed by atoms with van der Waals surface area (Å²) in [6.45, 7) is 9.52. The second-order valence-corrected chi connectivity index (χ2v) is 4.04. The third kappa shape index (κ3) is 4.10. The lowest BCUT2D eigenvalue weighted by molar-refractivity contribution is 0.257. The van der Waals surface area contributed by atoms with E-state index in [1.807, 2.05) is 0 Å². The first-order valence-electron chi connectivity index (χ1n) is 5.82. The fourth-order valence-corrected chi connectivity index (χ4v) is 1.98. The van der Waals surface area contributed by atoms with Gasteiger partial charge in [0.15, 0.2) is 0 Å². The van der Waals surface area contributed by atoms with Gasteiger partial charge in [-0.1, -0.05) is 20.3 Å². The Morgan fingerprint density at radius 3 is 2.77 bits per heavy atom. The molecule has 0 amide bonds. The average Bonchev–Trinajstić information content (AvgIpc) is 2.64. The van der Waals surface area contributed by atoms with Crippen molar-refractivity contribution in [3.8, 4) is 0 Å².